The Kier molecular flexibility index (Phi) is 19.3. The minimum absolute atomic E-state index is 0. The second kappa shape index (κ2) is 18.6. The van der Waals surface area contributed by atoms with Gasteiger partial charge in [-0.05, 0) is 12.8 Å². The van der Waals surface area contributed by atoms with Gasteiger partial charge >= 0.3 is 21.7 Å². The van der Waals surface area contributed by atoms with Crippen molar-refractivity contribution in [2.24, 2.45) is 0 Å². The molecule has 0 saturated heterocycles. The van der Waals surface area contributed by atoms with Gasteiger partial charge in [-0.3, -0.25) is 0 Å². The van der Waals surface area contributed by atoms with E-state index in [4.69, 9.17) is 15.3 Å². The number of rotatable bonds is 2. The minimum Gasteiger partial charge on any atom is -0.855 e. The summed E-state index contributed by atoms with van der Waals surface area (Å²) in [5, 5.41) is 26.8. The summed E-state index contributed by atoms with van der Waals surface area (Å²) < 4.78 is 0. The van der Waals surface area contributed by atoms with Gasteiger partial charge in [-0.15, -0.1) is 66.9 Å². The topological polar surface area (TPSA) is 69.2 Å². The van der Waals surface area contributed by atoms with Gasteiger partial charge in [0.1, 0.15) is 0 Å². The second-order valence-corrected chi connectivity index (χ2v) is 4.97. The maximum absolute atomic E-state index is 8.93. The van der Waals surface area contributed by atoms with Gasteiger partial charge in [-0.25, -0.2) is 0 Å². The molecule has 3 nitrogen and oxygen atoms in total. The van der Waals surface area contributed by atoms with Gasteiger partial charge in [0.15, 0.2) is 0 Å². The molecule has 1 aromatic carbocycles. The molecule has 0 saturated carbocycles. The molecule has 0 radical (unpaired) electrons. The SMILES string of the molecule is CC[O-].CC[O-].CC[O-].[Ti+4].[c-]1cccc(C2=CC=CC2)c1C1=CC=CC1. The standard InChI is InChI=1S/C16H13.3C2H5O.Ti/c1-2-8-13(7-1)15-11-5-6-12-16(15)14-9-3-4-10-14;3*1-2-3;/h1-7,9,11H,8,10H2;3*2H2,1H3;/q4*-1;+4. The zero-order chi connectivity index (χ0) is 18.9. The molecule has 2 aliphatic rings. The fourth-order valence-corrected chi connectivity index (χ4v) is 2.25. The van der Waals surface area contributed by atoms with Crippen LogP contribution in [0.2, 0.25) is 0 Å². The molecule has 0 N–H and O–H groups in total. The zero-order valence-corrected chi connectivity index (χ0v) is 17.5. The maximum atomic E-state index is 8.93. The van der Waals surface area contributed by atoms with E-state index in [0.29, 0.717) is 0 Å². The molecular formula is C22H28O3Ti. The first kappa shape index (κ1) is 27.0. The van der Waals surface area contributed by atoms with Crippen molar-refractivity contribution >= 4 is 11.1 Å². The quantitative estimate of drug-likeness (QED) is 0.577. The molecule has 4 heteroatoms. The van der Waals surface area contributed by atoms with Gasteiger partial charge in [0, 0.05) is 0 Å². The van der Waals surface area contributed by atoms with Crippen molar-refractivity contribution in [1.29, 1.82) is 0 Å². The van der Waals surface area contributed by atoms with Crippen molar-refractivity contribution in [3.63, 3.8) is 0 Å². The van der Waals surface area contributed by atoms with Crippen LogP contribution in [0.15, 0.2) is 54.7 Å². The normalized spacial score (nSPS) is 13.0. The van der Waals surface area contributed by atoms with Gasteiger partial charge in [0.25, 0.3) is 0 Å². The van der Waals surface area contributed by atoms with E-state index in [1.54, 1.807) is 20.8 Å². The Morgan fingerprint density at radius 2 is 1.31 bits per heavy atom. The van der Waals surface area contributed by atoms with Crippen LogP contribution in [0, 0.1) is 6.07 Å². The van der Waals surface area contributed by atoms with E-state index in [2.05, 4.69) is 54.7 Å². The molecule has 1 aromatic rings. The third kappa shape index (κ3) is 10.7. The Bertz CT molecular complexity index is 533. The van der Waals surface area contributed by atoms with E-state index in [-0.39, 0.29) is 41.5 Å². The van der Waals surface area contributed by atoms with Crippen molar-refractivity contribution in [3.8, 4) is 0 Å². The average molecular weight is 388 g/mol. The van der Waals surface area contributed by atoms with Gasteiger partial charge < -0.3 is 15.3 Å². The predicted octanol–water partition coefficient (Wildman–Crippen LogP) is 2.27. The summed E-state index contributed by atoms with van der Waals surface area (Å²) in [4.78, 5) is 0. The van der Waals surface area contributed by atoms with Crippen molar-refractivity contribution in [2.75, 3.05) is 19.8 Å². The first-order valence-electron chi connectivity index (χ1n) is 8.67. The molecule has 0 amide bonds. The molecule has 0 aromatic heterocycles. The molecular weight excluding hydrogens is 360 g/mol. The molecule has 0 heterocycles. The van der Waals surface area contributed by atoms with Crippen molar-refractivity contribution in [2.45, 2.75) is 33.6 Å². The molecule has 138 valence electrons. The van der Waals surface area contributed by atoms with Crippen LogP contribution in [0.25, 0.3) is 11.1 Å². The van der Waals surface area contributed by atoms with Gasteiger partial charge in [0.05, 0.1) is 0 Å². The Labute approximate surface area is 173 Å². The summed E-state index contributed by atoms with van der Waals surface area (Å²) in [6.07, 6.45) is 15.1. The molecule has 26 heavy (non-hydrogen) atoms. The number of allylic oxidation sites excluding steroid dienone is 8. The molecule has 0 bridgehead atoms. The van der Waals surface area contributed by atoms with E-state index in [1.165, 1.54) is 22.3 Å². The van der Waals surface area contributed by atoms with Crippen molar-refractivity contribution < 1.29 is 37.0 Å². The van der Waals surface area contributed by atoms with Crippen LogP contribution in [-0.2, 0) is 21.7 Å². The summed E-state index contributed by atoms with van der Waals surface area (Å²) in [5.74, 6) is 0. The second-order valence-electron chi connectivity index (χ2n) is 4.97. The summed E-state index contributed by atoms with van der Waals surface area (Å²) in [7, 11) is 0. The largest absolute Gasteiger partial charge is 4.00 e. The molecule has 2 aliphatic carbocycles. The number of hydrogen-bond acceptors (Lipinski definition) is 3. The van der Waals surface area contributed by atoms with Crippen LogP contribution in [0.1, 0.15) is 44.7 Å². The first-order chi connectivity index (χ1) is 12.2. The Balaban J connectivity index is 0. The van der Waals surface area contributed by atoms with E-state index in [9.17, 15) is 0 Å². The average Bonchev–Trinajstić information content (AvgIpc) is 3.31. The van der Waals surface area contributed by atoms with Crippen molar-refractivity contribution in [1.82, 2.24) is 0 Å². The van der Waals surface area contributed by atoms with Crippen LogP contribution in [0.4, 0.5) is 0 Å². The van der Waals surface area contributed by atoms with Crippen LogP contribution < -0.4 is 15.3 Å². The summed E-state index contributed by atoms with van der Waals surface area (Å²) in [6, 6.07) is 9.65. The van der Waals surface area contributed by atoms with Gasteiger partial charge in [-0.1, -0.05) is 56.7 Å². The maximum Gasteiger partial charge on any atom is 4.00 e. The summed E-state index contributed by atoms with van der Waals surface area (Å²) in [5.41, 5.74) is 5.38. The number of hydrogen-bond donors (Lipinski definition) is 0. The Morgan fingerprint density at radius 3 is 1.73 bits per heavy atom. The minimum atomic E-state index is 0. The fourth-order valence-electron chi connectivity index (χ4n) is 2.25. The zero-order valence-electron chi connectivity index (χ0n) is 16.0. The number of benzene rings is 1. The summed E-state index contributed by atoms with van der Waals surface area (Å²) in [6.45, 7) is 4.71. The monoisotopic (exact) mass is 388 g/mol. The molecule has 0 aliphatic heterocycles. The van der Waals surface area contributed by atoms with E-state index in [0.717, 1.165) is 12.8 Å². The smallest absolute Gasteiger partial charge is 0.855 e. The molecule has 0 atom stereocenters. The van der Waals surface area contributed by atoms with Crippen LogP contribution in [-0.4, -0.2) is 19.8 Å². The van der Waals surface area contributed by atoms with Crippen LogP contribution in [0.3, 0.4) is 0 Å². The van der Waals surface area contributed by atoms with E-state index < -0.39 is 0 Å². The fraction of sp³-hybridized carbons (Fsp3) is 0.364. The first-order valence-corrected chi connectivity index (χ1v) is 8.67. The molecule has 0 fully saturated rings. The van der Waals surface area contributed by atoms with E-state index >= 15 is 0 Å². The molecule has 0 unspecified atom stereocenters. The third-order valence-electron chi connectivity index (χ3n) is 3.07. The van der Waals surface area contributed by atoms with Gasteiger partial charge in [0.2, 0.25) is 0 Å². The molecule has 0 spiro atoms. The van der Waals surface area contributed by atoms with Crippen LogP contribution in [0.5, 0.6) is 0 Å². The van der Waals surface area contributed by atoms with Crippen LogP contribution >= 0.6 is 0 Å². The Morgan fingerprint density at radius 1 is 0.846 bits per heavy atom. The Hall–Kier alpha value is -1.23. The molecule has 3 rings (SSSR count). The summed E-state index contributed by atoms with van der Waals surface area (Å²) >= 11 is 0. The van der Waals surface area contributed by atoms with Gasteiger partial charge in [-0.2, -0.15) is 0 Å². The van der Waals surface area contributed by atoms with E-state index in [1.807, 2.05) is 6.07 Å². The van der Waals surface area contributed by atoms with Crippen molar-refractivity contribution in [3.05, 3.63) is 71.8 Å². The third-order valence-corrected chi connectivity index (χ3v) is 3.07. The predicted molar refractivity (Wildman–Crippen MR) is 100 cm³/mol.